The van der Waals surface area contributed by atoms with Gasteiger partial charge in [-0.2, -0.15) is 0 Å². The van der Waals surface area contributed by atoms with Gasteiger partial charge in [0.05, 0.1) is 11.6 Å². The van der Waals surface area contributed by atoms with Gasteiger partial charge in [-0.05, 0) is 31.1 Å². The Balaban J connectivity index is 2.48. The first-order valence-electron chi connectivity index (χ1n) is 5.75. The van der Waals surface area contributed by atoms with Crippen LogP contribution in [0.1, 0.15) is 47.0 Å². The zero-order chi connectivity index (χ0) is 11.4. The molecule has 0 saturated heterocycles. The number of rotatable bonds is 2. The van der Waals surface area contributed by atoms with Crippen molar-refractivity contribution in [3.05, 3.63) is 0 Å². The van der Waals surface area contributed by atoms with E-state index < -0.39 is 0 Å². The largest absolute Gasteiger partial charge is 0.337 e. The molecule has 0 radical (unpaired) electrons. The van der Waals surface area contributed by atoms with Gasteiger partial charge in [-0.3, -0.25) is 0 Å². The second-order valence-corrected chi connectivity index (χ2v) is 5.08. The van der Waals surface area contributed by atoms with E-state index in [4.69, 9.17) is 4.84 Å². The van der Waals surface area contributed by atoms with Crippen LogP contribution in [0.4, 0.5) is 0 Å². The quantitative estimate of drug-likeness (QED) is 0.520. The number of nitrogens with zero attached hydrogens (tertiary/aromatic N) is 1. The van der Waals surface area contributed by atoms with Gasteiger partial charge < -0.3 is 4.84 Å². The van der Waals surface area contributed by atoms with Crippen molar-refractivity contribution in [2.45, 2.75) is 47.0 Å². The first-order chi connectivity index (χ1) is 6.99. The van der Waals surface area contributed by atoms with E-state index in [0.29, 0.717) is 11.8 Å². The van der Waals surface area contributed by atoms with Crippen LogP contribution < -0.4 is 0 Å². The van der Waals surface area contributed by atoms with Gasteiger partial charge in [0.1, 0.15) is 0 Å². The van der Waals surface area contributed by atoms with Crippen LogP contribution in [0.2, 0.25) is 0 Å². The Hall–Kier alpha value is -0.860. The highest BCUT2D eigenvalue weighted by Gasteiger charge is 2.21. The van der Waals surface area contributed by atoms with E-state index >= 15 is 0 Å². The Morgan fingerprint density at radius 1 is 1.33 bits per heavy atom. The number of hydrogen-bond donors (Lipinski definition) is 0. The van der Waals surface area contributed by atoms with Gasteiger partial charge >= 0.3 is 5.97 Å². The predicted octanol–water partition coefficient (Wildman–Crippen LogP) is 3.00. The SMILES string of the molecule is CC1CC(=NOC(=O)C(C)C)CC(C)C1. The Bertz CT molecular complexity index is 246. The molecule has 86 valence electrons. The van der Waals surface area contributed by atoms with Gasteiger partial charge in [-0.25, -0.2) is 4.79 Å². The van der Waals surface area contributed by atoms with Crippen LogP contribution in [0.3, 0.4) is 0 Å². The number of carbonyl (C=O) groups is 1. The molecule has 1 fully saturated rings. The smallest absolute Gasteiger partial charge is 0.318 e. The first kappa shape index (κ1) is 12.2. The van der Waals surface area contributed by atoms with Crippen LogP contribution >= 0.6 is 0 Å². The van der Waals surface area contributed by atoms with Gasteiger partial charge in [-0.15, -0.1) is 0 Å². The summed E-state index contributed by atoms with van der Waals surface area (Å²) >= 11 is 0. The topological polar surface area (TPSA) is 38.7 Å². The summed E-state index contributed by atoms with van der Waals surface area (Å²) in [6, 6.07) is 0. The summed E-state index contributed by atoms with van der Waals surface area (Å²) in [5, 5.41) is 3.97. The van der Waals surface area contributed by atoms with Gasteiger partial charge in [0, 0.05) is 0 Å². The van der Waals surface area contributed by atoms with Crippen molar-refractivity contribution in [1.82, 2.24) is 0 Å². The van der Waals surface area contributed by atoms with Crippen LogP contribution in [0.15, 0.2) is 5.16 Å². The molecule has 2 atom stereocenters. The zero-order valence-electron chi connectivity index (χ0n) is 10.1. The summed E-state index contributed by atoms with van der Waals surface area (Å²) in [6.07, 6.45) is 3.18. The van der Waals surface area contributed by atoms with Crippen LogP contribution in [-0.2, 0) is 9.63 Å². The van der Waals surface area contributed by atoms with Crippen molar-refractivity contribution in [3.63, 3.8) is 0 Å². The fourth-order valence-electron chi connectivity index (χ4n) is 2.03. The lowest BCUT2D eigenvalue weighted by Crippen LogP contribution is -2.20. The third kappa shape index (κ3) is 4.02. The third-order valence-corrected chi connectivity index (χ3v) is 2.71. The molecule has 0 amide bonds. The molecule has 0 spiro atoms. The molecule has 0 bridgehead atoms. The van der Waals surface area contributed by atoms with Crippen LogP contribution in [0.25, 0.3) is 0 Å². The minimum atomic E-state index is -0.242. The molecule has 15 heavy (non-hydrogen) atoms. The number of hydrogen-bond acceptors (Lipinski definition) is 3. The molecular weight excluding hydrogens is 190 g/mol. The molecule has 1 rings (SSSR count). The standard InChI is InChI=1S/C12H21NO2/c1-8(2)12(14)15-13-11-6-9(3)5-10(4)7-11/h8-10H,5-7H2,1-4H3. The van der Waals surface area contributed by atoms with Gasteiger partial charge in [0.25, 0.3) is 0 Å². The average Bonchev–Trinajstić information content (AvgIpc) is 2.12. The summed E-state index contributed by atoms with van der Waals surface area (Å²) in [4.78, 5) is 16.1. The molecule has 0 heterocycles. The van der Waals surface area contributed by atoms with E-state index in [1.165, 1.54) is 6.42 Å². The van der Waals surface area contributed by atoms with E-state index in [-0.39, 0.29) is 11.9 Å². The molecule has 2 unspecified atom stereocenters. The minimum Gasteiger partial charge on any atom is -0.318 e. The Morgan fingerprint density at radius 3 is 2.33 bits per heavy atom. The van der Waals surface area contributed by atoms with Gasteiger partial charge in [0.2, 0.25) is 0 Å². The number of oxime groups is 1. The van der Waals surface area contributed by atoms with Crippen molar-refractivity contribution in [3.8, 4) is 0 Å². The molecule has 0 aromatic rings. The van der Waals surface area contributed by atoms with Gasteiger partial charge in [-0.1, -0.05) is 32.9 Å². The second-order valence-electron chi connectivity index (χ2n) is 5.08. The lowest BCUT2D eigenvalue weighted by atomic mass is 9.82. The average molecular weight is 211 g/mol. The van der Waals surface area contributed by atoms with Crippen LogP contribution in [0.5, 0.6) is 0 Å². The van der Waals surface area contributed by atoms with E-state index in [2.05, 4.69) is 19.0 Å². The van der Waals surface area contributed by atoms with Crippen molar-refractivity contribution < 1.29 is 9.63 Å². The van der Waals surface area contributed by atoms with E-state index in [1.54, 1.807) is 0 Å². The summed E-state index contributed by atoms with van der Waals surface area (Å²) in [5.41, 5.74) is 1.04. The Morgan fingerprint density at radius 2 is 1.87 bits per heavy atom. The normalized spacial score (nSPS) is 26.6. The van der Waals surface area contributed by atoms with Crippen LogP contribution in [0, 0.1) is 17.8 Å². The molecule has 1 aliphatic carbocycles. The molecule has 3 nitrogen and oxygen atoms in total. The summed E-state index contributed by atoms with van der Waals surface area (Å²) < 4.78 is 0. The highest BCUT2D eigenvalue weighted by atomic mass is 16.7. The predicted molar refractivity (Wildman–Crippen MR) is 60.5 cm³/mol. The Kier molecular flexibility index (Phi) is 4.30. The van der Waals surface area contributed by atoms with E-state index in [0.717, 1.165) is 18.6 Å². The van der Waals surface area contributed by atoms with E-state index in [1.807, 2.05) is 13.8 Å². The maximum atomic E-state index is 11.2. The van der Waals surface area contributed by atoms with Crippen molar-refractivity contribution in [2.75, 3.05) is 0 Å². The monoisotopic (exact) mass is 211 g/mol. The molecule has 1 aliphatic rings. The lowest BCUT2D eigenvalue weighted by Gasteiger charge is -2.24. The minimum absolute atomic E-state index is 0.104. The summed E-state index contributed by atoms with van der Waals surface area (Å²) in [5.74, 6) is 0.969. The highest BCUT2D eigenvalue weighted by Crippen LogP contribution is 2.26. The number of carbonyl (C=O) groups excluding carboxylic acids is 1. The molecule has 3 heteroatoms. The van der Waals surface area contributed by atoms with Crippen LogP contribution in [-0.4, -0.2) is 11.7 Å². The van der Waals surface area contributed by atoms with Crippen molar-refractivity contribution >= 4 is 11.7 Å². The Labute approximate surface area is 91.9 Å². The first-order valence-corrected chi connectivity index (χ1v) is 5.75. The second kappa shape index (κ2) is 5.29. The molecular formula is C12H21NO2. The highest BCUT2D eigenvalue weighted by molar-refractivity contribution is 5.86. The molecule has 0 aromatic heterocycles. The zero-order valence-corrected chi connectivity index (χ0v) is 10.1. The lowest BCUT2D eigenvalue weighted by molar-refractivity contribution is -0.147. The third-order valence-electron chi connectivity index (χ3n) is 2.71. The maximum absolute atomic E-state index is 11.2. The van der Waals surface area contributed by atoms with E-state index in [9.17, 15) is 4.79 Å². The fraction of sp³-hybridized carbons (Fsp3) is 0.833. The van der Waals surface area contributed by atoms with Crippen molar-refractivity contribution in [1.29, 1.82) is 0 Å². The molecule has 0 aromatic carbocycles. The van der Waals surface area contributed by atoms with Gasteiger partial charge in [0.15, 0.2) is 0 Å². The summed E-state index contributed by atoms with van der Waals surface area (Å²) in [6.45, 7) is 8.06. The molecule has 0 N–H and O–H groups in total. The maximum Gasteiger partial charge on any atom is 0.337 e. The van der Waals surface area contributed by atoms with Crippen molar-refractivity contribution in [2.24, 2.45) is 22.9 Å². The molecule has 0 aliphatic heterocycles. The molecule has 1 saturated carbocycles. The fourth-order valence-corrected chi connectivity index (χ4v) is 2.03. The summed E-state index contributed by atoms with van der Waals surface area (Å²) in [7, 11) is 0.